The van der Waals surface area contributed by atoms with E-state index in [-0.39, 0.29) is 40.6 Å². The Hall–Kier alpha value is -0.452. The summed E-state index contributed by atoms with van der Waals surface area (Å²) in [6.07, 6.45) is 4.80. The Labute approximate surface area is 110 Å². The van der Waals surface area contributed by atoms with E-state index in [2.05, 4.69) is 0 Å². The van der Waals surface area contributed by atoms with Gasteiger partial charge in [0.25, 0.3) is 0 Å². The van der Waals surface area contributed by atoms with E-state index in [0.717, 1.165) is 12.8 Å². The molecule has 0 spiro atoms. The van der Waals surface area contributed by atoms with E-state index < -0.39 is 11.9 Å². The second-order valence-corrected chi connectivity index (χ2v) is 3.22. The number of hydrogen-bond acceptors (Lipinski definition) is 4. The van der Waals surface area contributed by atoms with Crippen molar-refractivity contribution in [2.75, 3.05) is 0 Å². The molecule has 16 heavy (non-hydrogen) atoms. The number of carboxylic acids is 2. The average molecular weight is 415 g/mol. The van der Waals surface area contributed by atoms with Gasteiger partial charge in [0.1, 0.15) is 0 Å². The van der Waals surface area contributed by atoms with Crippen molar-refractivity contribution in [2.24, 2.45) is 11.5 Å². The van der Waals surface area contributed by atoms with Crippen LogP contribution in [0.25, 0.3) is 0 Å². The number of carboxylic acid groups (broad SMARTS) is 2. The Morgan fingerprint density at radius 3 is 1.31 bits per heavy atom. The molecule has 0 unspecified atom stereocenters. The van der Waals surface area contributed by atoms with E-state index in [4.69, 9.17) is 31.3 Å². The maximum absolute atomic E-state index is 9.10. The second-order valence-electron chi connectivity index (χ2n) is 3.22. The number of nitrogens with two attached hydrogens (primary N) is 2. The van der Waals surface area contributed by atoms with Crippen LogP contribution in [0.2, 0.25) is 0 Å². The number of carbonyl (C=O) groups is 2. The summed E-state index contributed by atoms with van der Waals surface area (Å²) >= 11 is 0. The van der Waals surface area contributed by atoms with Gasteiger partial charge in [-0.25, -0.2) is 9.59 Å². The van der Waals surface area contributed by atoms with Gasteiger partial charge in [-0.1, -0.05) is 20.3 Å². The monoisotopic (exact) mass is 415 g/mol. The molecule has 1 aliphatic carbocycles. The average Bonchev–Trinajstić information content (AvgIpc) is 2.11. The Morgan fingerprint density at radius 2 is 1.19 bits per heavy atom. The van der Waals surface area contributed by atoms with Crippen LogP contribution in [0, 0.1) is 0 Å². The van der Waals surface area contributed by atoms with Gasteiger partial charge in [0.15, 0.2) is 0 Å². The third-order valence-electron chi connectivity index (χ3n) is 2.06. The van der Waals surface area contributed by atoms with Crippen LogP contribution in [0.15, 0.2) is 0 Å². The molecule has 0 aromatic carbocycles. The van der Waals surface area contributed by atoms with E-state index in [9.17, 15) is 0 Å². The minimum absolute atomic E-state index is 0. The topological polar surface area (TPSA) is 127 Å². The Morgan fingerprint density at radius 1 is 0.938 bits per heavy atom. The molecule has 0 aliphatic heterocycles. The smallest absolute Gasteiger partial charge is 0.414 e. The molecule has 0 bridgehead atoms. The zero-order valence-electron chi connectivity index (χ0n) is 8.16. The van der Waals surface area contributed by atoms with Crippen molar-refractivity contribution in [1.29, 1.82) is 0 Å². The number of aliphatic carboxylic acids is 2. The van der Waals surface area contributed by atoms with Crippen LogP contribution in [-0.2, 0) is 30.7 Å². The molecule has 7 heteroatoms. The fourth-order valence-corrected chi connectivity index (χ4v) is 1.19. The van der Waals surface area contributed by atoms with Gasteiger partial charge >= 0.3 is 11.9 Å². The fourth-order valence-electron chi connectivity index (χ4n) is 1.19. The Kier molecular flexibility index (Phi) is 14.4. The van der Waals surface area contributed by atoms with E-state index in [1.165, 1.54) is 12.8 Å². The van der Waals surface area contributed by atoms with Crippen LogP contribution >= 0.6 is 0 Å². The predicted molar refractivity (Wildman–Crippen MR) is 56.4 cm³/mol. The van der Waals surface area contributed by atoms with Crippen LogP contribution in [0.3, 0.4) is 0 Å². The SMILES string of the molecule is C.N[C@@H]1CCCC[C@H]1N.O=C(O)C(=O)O.[Pt]. The van der Waals surface area contributed by atoms with E-state index in [1.807, 2.05) is 0 Å². The molecule has 0 radical (unpaired) electrons. The van der Waals surface area contributed by atoms with Crippen LogP contribution in [-0.4, -0.2) is 34.2 Å². The molecule has 6 N–H and O–H groups in total. The summed E-state index contributed by atoms with van der Waals surface area (Å²) in [6, 6.07) is 0.562. The van der Waals surface area contributed by atoms with Gasteiger partial charge in [0.05, 0.1) is 0 Å². The predicted octanol–water partition coefficient (Wildman–Crippen LogP) is 0.00420. The summed E-state index contributed by atoms with van der Waals surface area (Å²) in [5, 5.41) is 14.8. The standard InChI is InChI=1S/C6H14N2.C2H2O4.CH4.Pt/c7-5-3-1-2-4-6(5)8;3-1(4)2(5)6;;/h5-6H,1-4,7-8H2;(H,3,4)(H,5,6);1H4;/t5-,6-;;;/m1.../s1. The molecule has 0 amide bonds. The largest absolute Gasteiger partial charge is 0.473 e. The summed E-state index contributed by atoms with van der Waals surface area (Å²) in [5.41, 5.74) is 11.3. The molecule has 2 atom stereocenters. The normalized spacial score (nSPS) is 22.6. The molecule has 0 heterocycles. The molecule has 0 saturated heterocycles. The van der Waals surface area contributed by atoms with E-state index >= 15 is 0 Å². The molecule has 0 aromatic rings. The first-order chi connectivity index (χ1) is 6.45. The summed E-state index contributed by atoms with van der Waals surface area (Å²) in [5.74, 6) is -3.65. The van der Waals surface area contributed by atoms with Crippen LogP contribution in [0.1, 0.15) is 33.1 Å². The van der Waals surface area contributed by atoms with Gasteiger partial charge in [0, 0.05) is 33.1 Å². The minimum atomic E-state index is -1.82. The second kappa shape index (κ2) is 11.0. The molecular formula is C9H20N2O4Pt. The molecule has 1 fully saturated rings. The Balaban J connectivity index is -0.000000195. The summed E-state index contributed by atoms with van der Waals surface area (Å²) in [6.45, 7) is 0. The molecular weight excluding hydrogens is 395 g/mol. The first-order valence-electron chi connectivity index (χ1n) is 4.42. The van der Waals surface area contributed by atoms with Crippen molar-refractivity contribution in [1.82, 2.24) is 0 Å². The van der Waals surface area contributed by atoms with Crippen molar-refractivity contribution in [3.63, 3.8) is 0 Å². The van der Waals surface area contributed by atoms with Crippen LogP contribution in [0.4, 0.5) is 0 Å². The summed E-state index contributed by atoms with van der Waals surface area (Å²) in [4.78, 5) is 18.2. The molecule has 0 aromatic heterocycles. The summed E-state index contributed by atoms with van der Waals surface area (Å²) < 4.78 is 0. The van der Waals surface area contributed by atoms with Crippen LogP contribution < -0.4 is 11.5 Å². The molecule has 100 valence electrons. The zero-order chi connectivity index (χ0) is 11.1. The van der Waals surface area contributed by atoms with Gasteiger partial charge in [-0.2, -0.15) is 0 Å². The molecule has 1 saturated carbocycles. The van der Waals surface area contributed by atoms with Crippen molar-refractivity contribution in [3.8, 4) is 0 Å². The molecule has 1 rings (SSSR count). The maximum Gasteiger partial charge on any atom is 0.414 e. The van der Waals surface area contributed by atoms with Crippen molar-refractivity contribution < 1.29 is 40.9 Å². The first-order valence-corrected chi connectivity index (χ1v) is 4.42. The van der Waals surface area contributed by atoms with Gasteiger partial charge in [-0.05, 0) is 12.8 Å². The third kappa shape index (κ3) is 10.1. The molecule has 1 aliphatic rings. The van der Waals surface area contributed by atoms with Gasteiger partial charge in [0.2, 0.25) is 0 Å². The van der Waals surface area contributed by atoms with E-state index in [1.54, 1.807) is 0 Å². The fraction of sp³-hybridized carbons (Fsp3) is 0.778. The zero-order valence-corrected chi connectivity index (χ0v) is 10.4. The number of hydrogen-bond donors (Lipinski definition) is 4. The van der Waals surface area contributed by atoms with Gasteiger partial charge in [-0.3, -0.25) is 0 Å². The number of rotatable bonds is 0. The van der Waals surface area contributed by atoms with Crippen molar-refractivity contribution >= 4 is 11.9 Å². The van der Waals surface area contributed by atoms with Crippen molar-refractivity contribution in [3.05, 3.63) is 0 Å². The first kappa shape index (κ1) is 20.9. The molecule has 6 nitrogen and oxygen atoms in total. The van der Waals surface area contributed by atoms with Gasteiger partial charge < -0.3 is 21.7 Å². The summed E-state index contributed by atoms with van der Waals surface area (Å²) in [7, 11) is 0. The minimum Gasteiger partial charge on any atom is -0.473 e. The van der Waals surface area contributed by atoms with Crippen LogP contribution in [0.5, 0.6) is 0 Å². The van der Waals surface area contributed by atoms with Gasteiger partial charge in [-0.15, -0.1) is 0 Å². The van der Waals surface area contributed by atoms with E-state index in [0.29, 0.717) is 0 Å². The Bertz CT molecular complexity index is 192. The quantitative estimate of drug-likeness (QED) is 0.413. The maximum atomic E-state index is 9.10. The third-order valence-corrected chi connectivity index (χ3v) is 2.06. The van der Waals surface area contributed by atoms with Crippen molar-refractivity contribution in [2.45, 2.75) is 45.2 Å².